The number of non-ortho nitro benzene ring substituents is 1. The Kier molecular flexibility index (Phi) is 5.05. The number of benzene rings is 1. The topological polar surface area (TPSA) is 43.1 Å². The number of halogens is 1. The van der Waals surface area contributed by atoms with Crippen molar-refractivity contribution >= 4 is 29.1 Å². The highest BCUT2D eigenvalue weighted by Crippen LogP contribution is 2.32. The van der Waals surface area contributed by atoms with Gasteiger partial charge in [-0.25, -0.2) is 0 Å². The third kappa shape index (κ3) is 4.11. The standard InChI is InChI=1S/C14H14ClNO2S/c15-13-9-12(16(17)18)7-8-14(13)19-10-11-5-3-1-2-4-6-11/h3,5-9H,1-2,4,10H2. The number of nitro benzene ring substituents is 1. The Morgan fingerprint density at radius 1 is 1.37 bits per heavy atom. The Morgan fingerprint density at radius 3 is 2.95 bits per heavy atom. The van der Waals surface area contributed by atoms with Crippen molar-refractivity contribution < 1.29 is 4.92 Å². The van der Waals surface area contributed by atoms with E-state index in [1.807, 2.05) is 0 Å². The minimum absolute atomic E-state index is 0.0305. The Labute approximate surface area is 121 Å². The number of nitro groups is 1. The monoisotopic (exact) mass is 295 g/mol. The van der Waals surface area contributed by atoms with E-state index >= 15 is 0 Å². The molecule has 0 amide bonds. The van der Waals surface area contributed by atoms with Crippen molar-refractivity contribution in [1.82, 2.24) is 0 Å². The molecule has 0 spiro atoms. The van der Waals surface area contributed by atoms with Crippen molar-refractivity contribution in [2.24, 2.45) is 0 Å². The van der Waals surface area contributed by atoms with Gasteiger partial charge in [0, 0.05) is 22.8 Å². The van der Waals surface area contributed by atoms with Gasteiger partial charge in [0.2, 0.25) is 0 Å². The Balaban J connectivity index is 2.03. The molecule has 0 fully saturated rings. The zero-order valence-electron chi connectivity index (χ0n) is 10.3. The molecule has 0 aromatic heterocycles. The molecule has 1 aliphatic carbocycles. The average molecular weight is 296 g/mol. The van der Waals surface area contributed by atoms with Crippen molar-refractivity contribution in [1.29, 1.82) is 0 Å². The van der Waals surface area contributed by atoms with Crippen molar-refractivity contribution in [3.8, 4) is 0 Å². The second-order valence-electron chi connectivity index (χ2n) is 4.27. The summed E-state index contributed by atoms with van der Waals surface area (Å²) in [5, 5.41) is 11.1. The highest BCUT2D eigenvalue weighted by Gasteiger charge is 2.10. The summed E-state index contributed by atoms with van der Waals surface area (Å²) in [5.74, 6) is 0.841. The van der Waals surface area contributed by atoms with E-state index in [4.69, 9.17) is 11.6 Å². The zero-order valence-corrected chi connectivity index (χ0v) is 11.9. The maximum absolute atomic E-state index is 10.6. The molecule has 0 N–H and O–H groups in total. The maximum atomic E-state index is 10.6. The van der Waals surface area contributed by atoms with Crippen molar-refractivity contribution in [2.45, 2.75) is 24.2 Å². The van der Waals surface area contributed by atoms with E-state index in [2.05, 4.69) is 18.2 Å². The Bertz CT molecular complexity index is 540. The van der Waals surface area contributed by atoms with Crippen LogP contribution in [0.5, 0.6) is 0 Å². The number of rotatable bonds is 4. The van der Waals surface area contributed by atoms with E-state index in [0.29, 0.717) is 5.02 Å². The Hall–Kier alpha value is -1.26. The molecular weight excluding hydrogens is 282 g/mol. The average Bonchev–Trinajstić information content (AvgIpc) is 2.65. The lowest BCUT2D eigenvalue weighted by molar-refractivity contribution is -0.384. The van der Waals surface area contributed by atoms with Gasteiger partial charge in [-0.05, 0) is 30.9 Å². The summed E-state index contributed by atoms with van der Waals surface area (Å²) >= 11 is 7.67. The SMILES string of the molecule is O=[N+]([O-])c1ccc(SCC2=CCCCC=C2)c(Cl)c1. The van der Waals surface area contributed by atoms with Crippen LogP contribution in [-0.4, -0.2) is 10.7 Å². The number of hydrogen-bond acceptors (Lipinski definition) is 3. The third-order valence-electron chi connectivity index (χ3n) is 2.83. The zero-order chi connectivity index (χ0) is 13.7. The van der Waals surface area contributed by atoms with E-state index in [0.717, 1.165) is 23.5 Å². The number of thioether (sulfide) groups is 1. The minimum Gasteiger partial charge on any atom is -0.258 e. The summed E-state index contributed by atoms with van der Waals surface area (Å²) < 4.78 is 0. The molecule has 2 rings (SSSR count). The van der Waals surface area contributed by atoms with E-state index in [-0.39, 0.29) is 5.69 Å². The van der Waals surface area contributed by atoms with Gasteiger partial charge in [0.1, 0.15) is 0 Å². The van der Waals surface area contributed by atoms with E-state index in [1.54, 1.807) is 17.8 Å². The quantitative estimate of drug-likeness (QED) is 0.445. The maximum Gasteiger partial charge on any atom is 0.270 e. The number of nitrogens with zero attached hydrogens (tertiary/aromatic N) is 1. The number of hydrogen-bond donors (Lipinski definition) is 0. The first-order chi connectivity index (χ1) is 9.16. The summed E-state index contributed by atoms with van der Waals surface area (Å²) in [4.78, 5) is 11.1. The van der Waals surface area contributed by atoms with Gasteiger partial charge < -0.3 is 0 Å². The summed E-state index contributed by atoms with van der Waals surface area (Å²) in [7, 11) is 0. The second kappa shape index (κ2) is 6.78. The molecule has 3 nitrogen and oxygen atoms in total. The first-order valence-corrected chi connectivity index (χ1v) is 7.45. The van der Waals surface area contributed by atoms with Crippen molar-refractivity contribution in [3.05, 3.63) is 57.1 Å². The fraction of sp³-hybridized carbons (Fsp3) is 0.286. The van der Waals surface area contributed by atoms with Crippen molar-refractivity contribution in [2.75, 3.05) is 5.75 Å². The normalized spacial score (nSPS) is 14.9. The molecule has 100 valence electrons. The van der Waals surface area contributed by atoms with Gasteiger partial charge in [0.25, 0.3) is 5.69 Å². The fourth-order valence-corrected chi connectivity index (χ4v) is 3.05. The lowest BCUT2D eigenvalue weighted by atomic mass is 10.2. The first-order valence-electron chi connectivity index (χ1n) is 6.09. The molecule has 0 bridgehead atoms. The van der Waals surface area contributed by atoms with Crippen LogP contribution in [0.2, 0.25) is 5.02 Å². The third-order valence-corrected chi connectivity index (χ3v) is 4.40. The van der Waals surface area contributed by atoms with Crippen LogP contribution in [0, 0.1) is 10.1 Å². The summed E-state index contributed by atoms with van der Waals surface area (Å²) in [6, 6.07) is 4.61. The van der Waals surface area contributed by atoms with Gasteiger partial charge in [0.05, 0.1) is 9.95 Å². The largest absolute Gasteiger partial charge is 0.270 e. The van der Waals surface area contributed by atoms with Crippen LogP contribution in [0.1, 0.15) is 19.3 Å². The molecule has 19 heavy (non-hydrogen) atoms. The molecule has 0 atom stereocenters. The van der Waals surface area contributed by atoms with Crippen LogP contribution in [0.25, 0.3) is 0 Å². The van der Waals surface area contributed by atoms with Crippen LogP contribution < -0.4 is 0 Å². The number of allylic oxidation sites excluding steroid dienone is 3. The lowest BCUT2D eigenvalue weighted by Crippen LogP contribution is -1.89. The molecule has 1 aliphatic rings. The second-order valence-corrected chi connectivity index (χ2v) is 5.70. The molecule has 0 saturated heterocycles. The van der Waals surface area contributed by atoms with Crippen LogP contribution in [-0.2, 0) is 0 Å². The summed E-state index contributed by atoms with van der Waals surface area (Å²) in [6.45, 7) is 0. The van der Waals surface area contributed by atoms with E-state index in [1.165, 1.54) is 24.1 Å². The van der Waals surface area contributed by atoms with Crippen LogP contribution >= 0.6 is 23.4 Å². The molecule has 1 aromatic rings. The van der Waals surface area contributed by atoms with Gasteiger partial charge >= 0.3 is 0 Å². The van der Waals surface area contributed by atoms with Gasteiger partial charge in [-0.3, -0.25) is 10.1 Å². The predicted molar refractivity (Wildman–Crippen MR) is 79.9 cm³/mol. The summed E-state index contributed by atoms with van der Waals surface area (Å²) in [6.07, 6.45) is 10.0. The van der Waals surface area contributed by atoms with Crippen molar-refractivity contribution in [3.63, 3.8) is 0 Å². The molecule has 0 saturated carbocycles. The minimum atomic E-state index is -0.434. The van der Waals surface area contributed by atoms with E-state index in [9.17, 15) is 10.1 Å². The van der Waals surface area contributed by atoms with Gasteiger partial charge in [-0.15, -0.1) is 11.8 Å². The van der Waals surface area contributed by atoms with Gasteiger partial charge in [0.15, 0.2) is 0 Å². The van der Waals surface area contributed by atoms with Crippen LogP contribution in [0.15, 0.2) is 46.9 Å². The molecule has 5 heteroatoms. The van der Waals surface area contributed by atoms with Crippen LogP contribution in [0.3, 0.4) is 0 Å². The lowest BCUT2D eigenvalue weighted by Gasteiger charge is -2.04. The van der Waals surface area contributed by atoms with Gasteiger partial charge in [-0.1, -0.05) is 29.8 Å². The highest BCUT2D eigenvalue weighted by atomic mass is 35.5. The van der Waals surface area contributed by atoms with E-state index < -0.39 is 4.92 Å². The molecule has 0 aliphatic heterocycles. The van der Waals surface area contributed by atoms with Crippen LogP contribution in [0.4, 0.5) is 5.69 Å². The smallest absolute Gasteiger partial charge is 0.258 e. The molecule has 0 heterocycles. The molecule has 1 aromatic carbocycles. The molecule has 0 radical (unpaired) electrons. The summed E-state index contributed by atoms with van der Waals surface area (Å²) in [5.41, 5.74) is 1.32. The molecule has 0 unspecified atom stereocenters. The first kappa shape index (κ1) is 14.2. The molecular formula is C14H14ClNO2S. The predicted octanol–water partition coefficient (Wildman–Crippen LogP) is 5.01. The van der Waals surface area contributed by atoms with Gasteiger partial charge in [-0.2, -0.15) is 0 Å². The highest BCUT2D eigenvalue weighted by molar-refractivity contribution is 7.99. The Morgan fingerprint density at radius 2 is 2.21 bits per heavy atom. The fourth-order valence-electron chi connectivity index (χ4n) is 1.81.